The predicted molar refractivity (Wildman–Crippen MR) is 115 cm³/mol. The monoisotopic (exact) mass is 391 g/mol. The highest BCUT2D eigenvalue weighted by Gasteiger charge is 2.32. The Morgan fingerprint density at radius 2 is 1.89 bits per heavy atom. The van der Waals surface area contributed by atoms with Gasteiger partial charge in [-0.25, -0.2) is 0 Å². The number of aryl methyl sites for hydroxylation is 1. The van der Waals surface area contributed by atoms with Crippen LogP contribution in [0.1, 0.15) is 42.3 Å². The van der Waals surface area contributed by atoms with Crippen LogP contribution < -0.4 is 0 Å². The summed E-state index contributed by atoms with van der Waals surface area (Å²) >= 11 is 1.24. The summed E-state index contributed by atoms with van der Waals surface area (Å²) in [4.78, 5) is 16.5. The van der Waals surface area contributed by atoms with E-state index in [4.69, 9.17) is 5.41 Å². The van der Waals surface area contributed by atoms with Gasteiger partial charge in [0.2, 0.25) is 0 Å². The molecule has 142 valence electrons. The number of aliphatic imine (C=N–C) groups is 1. The van der Waals surface area contributed by atoms with Gasteiger partial charge in [0.15, 0.2) is 11.0 Å². The molecule has 6 nitrogen and oxygen atoms in total. The lowest BCUT2D eigenvalue weighted by molar-refractivity contribution is -0.114. The number of amides is 1. The number of hydrogen-bond acceptors (Lipinski definition) is 4. The van der Waals surface area contributed by atoms with Crippen LogP contribution in [0.4, 0.5) is 0 Å². The molecule has 28 heavy (non-hydrogen) atoms. The van der Waals surface area contributed by atoms with Crippen LogP contribution in [0.25, 0.3) is 11.8 Å². The summed E-state index contributed by atoms with van der Waals surface area (Å²) in [7, 11) is 0. The van der Waals surface area contributed by atoms with E-state index < -0.39 is 5.91 Å². The molecule has 0 unspecified atom stereocenters. The van der Waals surface area contributed by atoms with E-state index in [0.29, 0.717) is 11.1 Å². The molecule has 0 fully saturated rings. The summed E-state index contributed by atoms with van der Waals surface area (Å²) in [5, 5.41) is 14.3. The third-order valence-electron chi connectivity index (χ3n) is 4.98. The zero-order valence-corrected chi connectivity index (χ0v) is 17.0. The molecule has 0 bridgehead atoms. The average molecular weight is 392 g/mol. The fourth-order valence-corrected chi connectivity index (χ4v) is 4.04. The van der Waals surface area contributed by atoms with Crippen molar-refractivity contribution in [2.45, 2.75) is 33.6 Å². The summed E-state index contributed by atoms with van der Waals surface area (Å²) in [6.45, 7) is 8.42. The molecular formula is C21H21N5OS. The second-order valence-corrected chi connectivity index (χ2v) is 7.98. The number of amidine groups is 2. The molecule has 1 aromatic carbocycles. The van der Waals surface area contributed by atoms with Gasteiger partial charge in [-0.3, -0.25) is 10.2 Å². The van der Waals surface area contributed by atoms with Gasteiger partial charge in [0.1, 0.15) is 0 Å². The molecule has 4 rings (SSSR count). The summed E-state index contributed by atoms with van der Waals surface area (Å²) in [6.07, 6.45) is 1.74. The maximum atomic E-state index is 12.4. The topological polar surface area (TPSA) is 73.8 Å². The van der Waals surface area contributed by atoms with Crippen LogP contribution in [0.5, 0.6) is 0 Å². The molecule has 2 aromatic rings. The largest absolute Gasteiger partial charge is 0.318 e. The van der Waals surface area contributed by atoms with Gasteiger partial charge in [-0.05, 0) is 66.9 Å². The first kappa shape index (κ1) is 18.4. The Labute approximate surface area is 168 Å². The molecular weight excluding hydrogens is 370 g/mol. The fourth-order valence-electron chi connectivity index (χ4n) is 3.43. The fraction of sp³-hybridized carbons (Fsp3) is 0.238. The Balaban J connectivity index is 1.74. The molecule has 0 aliphatic carbocycles. The van der Waals surface area contributed by atoms with E-state index in [-0.39, 0.29) is 11.4 Å². The molecule has 0 atom stereocenters. The van der Waals surface area contributed by atoms with Crippen molar-refractivity contribution in [3.05, 3.63) is 58.4 Å². The van der Waals surface area contributed by atoms with Crippen LogP contribution >= 0.6 is 11.8 Å². The zero-order valence-electron chi connectivity index (χ0n) is 16.2. The number of carbonyl (C=O) groups is 1. The molecule has 0 radical (unpaired) electrons. The van der Waals surface area contributed by atoms with Crippen molar-refractivity contribution < 1.29 is 4.79 Å². The normalized spacial score (nSPS) is 17.7. The molecule has 2 aliphatic heterocycles. The number of carbonyl (C=O) groups excluding carboxylic acids is 1. The number of benzene rings is 1. The van der Waals surface area contributed by atoms with Crippen LogP contribution in [0.15, 0.2) is 46.0 Å². The smallest absolute Gasteiger partial charge is 0.283 e. The molecule has 3 heterocycles. The van der Waals surface area contributed by atoms with E-state index in [1.54, 1.807) is 11.6 Å². The predicted octanol–water partition coefficient (Wildman–Crippen LogP) is 4.47. The Hall–Kier alpha value is -2.93. The van der Waals surface area contributed by atoms with Crippen LogP contribution in [0, 0.1) is 19.3 Å². The minimum absolute atomic E-state index is 0.0577. The van der Waals surface area contributed by atoms with Gasteiger partial charge in [-0.2, -0.15) is 15.1 Å². The third-order valence-corrected chi connectivity index (χ3v) is 5.66. The molecule has 2 aliphatic rings. The van der Waals surface area contributed by atoms with Crippen molar-refractivity contribution in [2.75, 3.05) is 0 Å². The van der Waals surface area contributed by atoms with E-state index in [1.165, 1.54) is 22.3 Å². The Morgan fingerprint density at radius 1 is 1.18 bits per heavy atom. The van der Waals surface area contributed by atoms with Crippen molar-refractivity contribution in [1.29, 1.82) is 5.41 Å². The summed E-state index contributed by atoms with van der Waals surface area (Å²) in [6, 6.07) is 10.6. The van der Waals surface area contributed by atoms with Gasteiger partial charge in [-0.15, -0.1) is 0 Å². The lowest BCUT2D eigenvalue weighted by atomic mass is 10.0. The van der Waals surface area contributed by atoms with Crippen LogP contribution in [0.3, 0.4) is 0 Å². The highest BCUT2D eigenvalue weighted by Crippen LogP contribution is 2.28. The first-order valence-electron chi connectivity index (χ1n) is 9.09. The second-order valence-electron chi connectivity index (χ2n) is 7.16. The van der Waals surface area contributed by atoms with E-state index in [9.17, 15) is 4.79 Å². The van der Waals surface area contributed by atoms with Crippen molar-refractivity contribution in [1.82, 2.24) is 9.58 Å². The van der Waals surface area contributed by atoms with Gasteiger partial charge in [0.25, 0.3) is 5.91 Å². The Kier molecular flexibility index (Phi) is 4.55. The number of nitrogens with one attached hydrogen (secondary N) is 1. The van der Waals surface area contributed by atoms with Gasteiger partial charge < -0.3 is 4.57 Å². The van der Waals surface area contributed by atoms with Gasteiger partial charge in [0, 0.05) is 17.1 Å². The van der Waals surface area contributed by atoms with E-state index >= 15 is 0 Å². The maximum Gasteiger partial charge on any atom is 0.283 e. The van der Waals surface area contributed by atoms with Crippen LogP contribution in [-0.4, -0.2) is 32.0 Å². The van der Waals surface area contributed by atoms with Crippen molar-refractivity contribution in [3.63, 3.8) is 0 Å². The van der Waals surface area contributed by atoms with Crippen molar-refractivity contribution in [2.24, 2.45) is 10.1 Å². The SMILES string of the molecule is Cc1cc(C=C2C(=N)N3N=CSC3=NC2=O)c(C)n1-c1ccc(C(C)C)cc1. The number of rotatable bonds is 3. The van der Waals surface area contributed by atoms with E-state index in [0.717, 1.165) is 22.6 Å². The lowest BCUT2D eigenvalue weighted by Crippen LogP contribution is -2.35. The molecule has 1 N–H and O–H groups in total. The van der Waals surface area contributed by atoms with E-state index in [1.807, 2.05) is 19.9 Å². The molecule has 0 spiro atoms. The standard InChI is InChI=1S/C21H21N5OS/c1-12(2)15-5-7-17(8-6-15)25-13(3)9-16(14(25)4)10-18-19(22)26-21(24-20(18)27)28-11-23-26/h5-12,22H,1-4H3. The highest BCUT2D eigenvalue weighted by molar-refractivity contribution is 8.25. The third kappa shape index (κ3) is 3.01. The minimum Gasteiger partial charge on any atom is -0.318 e. The second kappa shape index (κ2) is 6.91. The van der Waals surface area contributed by atoms with Crippen molar-refractivity contribution in [3.8, 4) is 5.69 Å². The Bertz CT molecular complexity index is 1070. The first-order chi connectivity index (χ1) is 13.4. The average Bonchev–Trinajstić information content (AvgIpc) is 3.23. The number of thioether (sulfide) groups is 1. The number of aromatic nitrogens is 1. The summed E-state index contributed by atoms with van der Waals surface area (Å²) in [5.41, 5.74) is 7.18. The summed E-state index contributed by atoms with van der Waals surface area (Å²) < 4.78 is 2.16. The van der Waals surface area contributed by atoms with Gasteiger partial charge in [-0.1, -0.05) is 26.0 Å². The number of nitrogens with zero attached hydrogens (tertiary/aromatic N) is 4. The molecule has 0 saturated carbocycles. The lowest BCUT2D eigenvalue weighted by Gasteiger charge is -2.20. The van der Waals surface area contributed by atoms with E-state index in [2.05, 4.69) is 52.8 Å². The Morgan fingerprint density at radius 3 is 2.57 bits per heavy atom. The first-order valence-corrected chi connectivity index (χ1v) is 9.97. The van der Waals surface area contributed by atoms with Gasteiger partial charge in [0.05, 0.1) is 11.1 Å². The zero-order chi connectivity index (χ0) is 20.0. The van der Waals surface area contributed by atoms with Crippen LogP contribution in [-0.2, 0) is 4.79 Å². The molecule has 7 heteroatoms. The van der Waals surface area contributed by atoms with Crippen LogP contribution in [0.2, 0.25) is 0 Å². The highest BCUT2D eigenvalue weighted by atomic mass is 32.2. The van der Waals surface area contributed by atoms with Crippen molar-refractivity contribution >= 4 is 40.3 Å². The minimum atomic E-state index is -0.402. The summed E-state index contributed by atoms with van der Waals surface area (Å²) in [5.74, 6) is 0.143. The molecule has 1 aromatic heterocycles. The number of hydrogen-bond donors (Lipinski definition) is 1. The number of hydrazone groups is 1. The van der Waals surface area contributed by atoms with Gasteiger partial charge >= 0.3 is 0 Å². The number of fused-ring (bicyclic) bond motifs is 1. The quantitative estimate of drug-likeness (QED) is 0.785. The molecule has 1 amide bonds. The molecule has 0 saturated heterocycles. The maximum absolute atomic E-state index is 12.4.